The number of fused-ring (bicyclic) bond motifs is 2. The van der Waals surface area contributed by atoms with Crippen molar-refractivity contribution in [1.82, 2.24) is 19.7 Å². The second-order valence-corrected chi connectivity index (χ2v) is 7.85. The van der Waals surface area contributed by atoms with Gasteiger partial charge in [0.05, 0.1) is 24.9 Å². The Morgan fingerprint density at radius 1 is 1.07 bits per heavy atom. The highest BCUT2D eigenvalue weighted by Crippen LogP contribution is 2.31. The molecule has 0 bridgehead atoms. The molecule has 2 aromatic heterocycles. The number of anilines is 1. The minimum atomic E-state index is 0.00396. The third-order valence-electron chi connectivity index (χ3n) is 6.12. The Morgan fingerprint density at radius 2 is 1.96 bits per heavy atom. The van der Waals surface area contributed by atoms with E-state index < -0.39 is 0 Å². The number of nitrogens with zero attached hydrogens (tertiary/aromatic N) is 4. The fourth-order valence-electron chi connectivity index (χ4n) is 4.63. The highest BCUT2D eigenvalue weighted by molar-refractivity contribution is 5.48. The van der Waals surface area contributed by atoms with Crippen LogP contribution in [0.15, 0.2) is 17.2 Å². The number of nitrogens with one attached hydrogen (secondary N) is 1. The monoisotopic (exact) mass is 367 g/mol. The van der Waals surface area contributed by atoms with Crippen LogP contribution in [0.3, 0.4) is 0 Å². The lowest BCUT2D eigenvalue weighted by molar-refractivity contribution is 0.107. The maximum absolute atomic E-state index is 12.5. The van der Waals surface area contributed by atoms with Crippen molar-refractivity contribution < 1.29 is 4.74 Å². The molecule has 0 amide bonds. The SMILES string of the molecule is O=c1cc2c(nn1C1CCC(Nc3ncnc4c3CCC4)CC1)CCOC2. The third kappa shape index (κ3) is 3.25. The minimum Gasteiger partial charge on any atom is -0.376 e. The van der Waals surface area contributed by atoms with E-state index in [1.54, 1.807) is 17.1 Å². The molecule has 27 heavy (non-hydrogen) atoms. The van der Waals surface area contributed by atoms with E-state index in [2.05, 4.69) is 20.4 Å². The molecule has 0 saturated heterocycles. The van der Waals surface area contributed by atoms with Gasteiger partial charge in [0.15, 0.2) is 0 Å². The summed E-state index contributed by atoms with van der Waals surface area (Å²) in [7, 11) is 0. The fourth-order valence-corrected chi connectivity index (χ4v) is 4.63. The first kappa shape index (κ1) is 16.9. The van der Waals surface area contributed by atoms with Gasteiger partial charge in [-0.05, 0) is 44.9 Å². The second kappa shape index (κ2) is 7.03. The second-order valence-electron chi connectivity index (χ2n) is 7.85. The van der Waals surface area contributed by atoms with Gasteiger partial charge in [-0.1, -0.05) is 0 Å². The summed E-state index contributed by atoms with van der Waals surface area (Å²) in [6, 6.07) is 2.32. The van der Waals surface area contributed by atoms with Crippen LogP contribution in [0.1, 0.15) is 60.7 Å². The van der Waals surface area contributed by atoms with Crippen molar-refractivity contribution >= 4 is 5.82 Å². The molecule has 1 N–H and O–H groups in total. The average molecular weight is 367 g/mol. The molecule has 7 heteroatoms. The Hall–Kier alpha value is -2.28. The van der Waals surface area contributed by atoms with Crippen LogP contribution >= 0.6 is 0 Å². The van der Waals surface area contributed by atoms with E-state index in [1.807, 2.05) is 0 Å². The van der Waals surface area contributed by atoms with Gasteiger partial charge in [0.2, 0.25) is 0 Å². The van der Waals surface area contributed by atoms with Gasteiger partial charge in [0.25, 0.3) is 5.56 Å². The quantitative estimate of drug-likeness (QED) is 0.896. The zero-order valence-corrected chi connectivity index (χ0v) is 15.5. The van der Waals surface area contributed by atoms with Gasteiger partial charge in [0.1, 0.15) is 12.1 Å². The van der Waals surface area contributed by atoms with Crippen LogP contribution in [-0.4, -0.2) is 32.4 Å². The maximum atomic E-state index is 12.5. The minimum absolute atomic E-state index is 0.00396. The van der Waals surface area contributed by atoms with Gasteiger partial charge in [0, 0.05) is 35.3 Å². The Labute approximate surface area is 158 Å². The van der Waals surface area contributed by atoms with E-state index in [9.17, 15) is 4.79 Å². The molecule has 3 heterocycles. The van der Waals surface area contributed by atoms with Gasteiger partial charge in [-0.15, -0.1) is 0 Å². The first-order valence-corrected chi connectivity index (χ1v) is 10.1. The molecule has 0 aromatic carbocycles. The molecule has 0 radical (unpaired) electrons. The predicted octanol–water partition coefficient (Wildman–Crippen LogP) is 2.19. The molecule has 7 nitrogen and oxygen atoms in total. The van der Waals surface area contributed by atoms with Gasteiger partial charge >= 0.3 is 0 Å². The van der Waals surface area contributed by atoms with Crippen molar-refractivity contribution in [2.24, 2.45) is 0 Å². The highest BCUT2D eigenvalue weighted by atomic mass is 16.5. The highest BCUT2D eigenvalue weighted by Gasteiger charge is 2.26. The summed E-state index contributed by atoms with van der Waals surface area (Å²) >= 11 is 0. The van der Waals surface area contributed by atoms with Gasteiger partial charge < -0.3 is 10.1 Å². The lowest BCUT2D eigenvalue weighted by Crippen LogP contribution is -2.35. The maximum Gasteiger partial charge on any atom is 0.267 e. The zero-order chi connectivity index (χ0) is 18.2. The number of rotatable bonds is 3. The number of hydrogen-bond acceptors (Lipinski definition) is 6. The van der Waals surface area contributed by atoms with Gasteiger partial charge in [-0.25, -0.2) is 14.6 Å². The average Bonchev–Trinajstić information content (AvgIpc) is 3.18. The molecular formula is C20H25N5O2. The molecule has 3 aliphatic rings. The van der Waals surface area contributed by atoms with Crippen molar-refractivity contribution in [1.29, 1.82) is 0 Å². The Kier molecular flexibility index (Phi) is 4.39. The number of ether oxygens (including phenoxy) is 1. The van der Waals surface area contributed by atoms with Crippen LogP contribution in [0.4, 0.5) is 5.82 Å². The summed E-state index contributed by atoms with van der Waals surface area (Å²) in [6.07, 6.45) is 9.77. The van der Waals surface area contributed by atoms with E-state index in [0.717, 1.165) is 62.0 Å². The topological polar surface area (TPSA) is 81.9 Å². The normalized spacial score (nSPS) is 24.3. The Bertz CT molecular complexity index is 902. The van der Waals surface area contributed by atoms with Crippen molar-refractivity contribution in [2.45, 2.75) is 70.1 Å². The number of aromatic nitrogens is 4. The third-order valence-corrected chi connectivity index (χ3v) is 6.12. The molecule has 5 rings (SSSR count). The van der Waals surface area contributed by atoms with Gasteiger partial charge in [-0.2, -0.15) is 5.10 Å². The lowest BCUT2D eigenvalue weighted by atomic mass is 9.91. The molecule has 0 spiro atoms. The van der Waals surface area contributed by atoms with Crippen LogP contribution in [0, 0.1) is 0 Å². The van der Waals surface area contributed by atoms with Crippen molar-refractivity contribution in [2.75, 3.05) is 11.9 Å². The van der Waals surface area contributed by atoms with Crippen molar-refractivity contribution in [3.63, 3.8) is 0 Å². The van der Waals surface area contributed by atoms with Crippen LogP contribution in [0.25, 0.3) is 0 Å². The van der Waals surface area contributed by atoms with Crippen molar-refractivity contribution in [3.8, 4) is 0 Å². The molecule has 1 saturated carbocycles. The summed E-state index contributed by atoms with van der Waals surface area (Å²) in [5, 5.41) is 8.32. The molecule has 0 unspecified atom stereocenters. The van der Waals surface area contributed by atoms with E-state index in [1.165, 1.54) is 17.7 Å². The van der Waals surface area contributed by atoms with Crippen LogP contribution in [0.5, 0.6) is 0 Å². The smallest absolute Gasteiger partial charge is 0.267 e. The summed E-state index contributed by atoms with van der Waals surface area (Å²) in [6.45, 7) is 1.20. The molecule has 142 valence electrons. The summed E-state index contributed by atoms with van der Waals surface area (Å²) < 4.78 is 7.16. The molecule has 1 aliphatic heterocycles. The molecule has 1 fully saturated rings. The fraction of sp³-hybridized carbons (Fsp3) is 0.600. The predicted molar refractivity (Wildman–Crippen MR) is 101 cm³/mol. The first-order valence-electron chi connectivity index (χ1n) is 10.1. The van der Waals surface area contributed by atoms with Crippen LogP contribution in [0.2, 0.25) is 0 Å². The Morgan fingerprint density at radius 3 is 2.85 bits per heavy atom. The first-order chi connectivity index (χ1) is 13.3. The van der Waals surface area contributed by atoms with Crippen LogP contribution < -0.4 is 10.9 Å². The largest absolute Gasteiger partial charge is 0.376 e. The van der Waals surface area contributed by atoms with E-state index in [4.69, 9.17) is 4.74 Å². The zero-order valence-electron chi connectivity index (χ0n) is 15.5. The van der Waals surface area contributed by atoms with E-state index in [-0.39, 0.29) is 11.6 Å². The molecule has 2 aromatic rings. The summed E-state index contributed by atoms with van der Waals surface area (Å²) in [5.74, 6) is 1.02. The summed E-state index contributed by atoms with van der Waals surface area (Å²) in [5.41, 5.74) is 4.49. The van der Waals surface area contributed by atoms with E-state index in [0.29, 0.717) is 19.3 Å². The standard InChI is InChI=1S/C20H25N5O2/c26-19-10-13-11-27-9-8-17(13)24-25(19)15-6-4-14(5-7-15)23-20-16-2-1-3-18(16)21-12-22-20/h10,12,14-15H,1-9,11H2,(H,21,22,23). The summed E-state index contributed by atoms with van der Waals surface area (Å²) in [4.78, 5) is 21.4. The molecule has 0 atom stereocenters. The van der Waals surface area contributed by atoms with Crippen molar-refractivity contribution in [3.05, 3.63) is 45.3 Å². The Balaban J connectivity index is 1.27. The number of hydrogen-bond donors (Lipinski definition) is 1. The lowest BCUT2D eigenvalue weighted by Gasteiger charge is -2.31. The molecule has 2 aliphatic carbocycles. The van der Waals surface area contributed by atoms with E-state index >= 15 is 0 Å². The van der Waals surface area contributed by atoms with Gasteiger partial charge in [-0.3, -0.25) is 4.79 Å². The van der Waals surface area contributed by atoms with Crippen LogP contribution in [-0.2, 0) is 30.6 Å². The molecular weight excluding hydrogens is 342 g/mol. The number of aryl methyl sites for hydroxylation is 1.